The SMILES string of the molecule is Cc1cc(-n2cccc2N2CCN(C(=O)Cc3ccccc3C(F)(F)F)CC2)n[nH]1. The van der Waals surface area contributed by atoms with Gasteiger partial charge in [0.05, 0.1) is 12.0 Å². The van der Waals surface area contributed by atoms with E-state index in [-0.39, 0.29) is 17.9 Å². The molecule has 0 saturated carbocycles. The minimum atomic E-state index is -4.47. The molecule has 0 aliphatic carbocycles. The van der Waals surface area contributed by atoms with Crippen molar-refractivity contribution in [3.8, 4) is 5.82 Å². The normalized spacial score (nSPS) is 14.9. The molecule has 6 nitrogen and oxygen atoms in total. The molecule has 1 N–H and O–H groups in total. The highest BCUT2D eigenvalue weighted by Crippen LogP contribution is 2.32. The van der Waals surface area contributed by atoms with Gasteiger partial charge in [0, 0.05) is 44.1 Å². The van der Waals surface area contributed by atoms with Crippen molar-refractivity contribution in [2.75, 3.05) is 31.1 Å². The third-order valence-corrected chi connectivity index (χ3v) is 5.29. The van der Waals surface area contributed by atoms with Crippen LogP contribution in [-0.4, -0.2) is 51.8 Å². The Hall–Kier alpha value is -3.23. The van der Waals surface area contributed by atoms with E-state index in [4.69, 9.17) is 0 Å². The lowest BCUT2D eigenvalue weighted by atomic mass is 10.0. The Bertz CT molecular complexity index is 1030. The first-order valence-electron chi connectivity index (χ1n) is 9.70. The molecular weight excluding hydrogens is 395 g/mol. The maximum absolute atomic E-state index is 13.2. The third-order valence-electron chi connectivity index (χ3n) is 5.29. The number of alkyl halides is 3. The first-order chi connectivity index (χ1) is 14.3. The van der Waals surface area contributed by atoms with E-state index in [0.29, 0.717) is 26.2 Å². The Labute approximate surface area is 171 Å². The van der Waals surface area contributed by atoms with Crippen LogP contribution in [0.2, 0.25) is 0 Å². The maximum atomic E-state index is 13.2. The fourth-order valence-corrected chi connectivity index (χ4v) is 3.76. The highest BCUT2D eigenvalue weighted by molar-refractivity contribution is 5.79. The number of hydrogen-bond donors (Lipinski definition) is 1. The zero-order valence-corrected chi connectivity index (χ0v) is 16.5. The van der Waals surface area contributed by atoms with Gasteiger partial charge in [-0.3, -0.25) is 14.5 Å². The van der Waals surface area contributed by atoms with Crippen molar-refractivity contribution in [1.82, 2.24) is 19.7 Å². The standard InChI is InChI=1S/C21H22F3N5O/c1-15-13-18(26-25-15)29-8-4-7-19(29)27-9-11-28(12-10-27)20(30)14-16-5-2-3-6-17(16)21(22,23)24/h2-8,13H,9-12,14H2,1H3,(H,25,26). The third kappa shape index (κ3) is 4.05. The van der Waals surface area contributed by atoms with Crippen molar-refractivity contribution in [2.24, 2.45) is 0 Å². The number of nitrogens with one attached hydrogen (secondary N) is 1. The van der Waals surface area contributed by atoms with Crippen molar-refractivity contribution in [3.63, 3.8) is 0 Å². The van der Waals surface area contributed by atoms with Crippen LogP contribution in [0.25, 0.3) is 5.82 Å². The average molecular weight is 417 g/mol. The van der Waals surface area contributed by atoms with Crippen LogP contribution in [0.4, 0.5) is 19.0 Å². The van der Waals surface area contributed by atoms with Crippen LogP contribution in [0.5, 0.6) is 0 Å². The fourth-order valence-electron chi connectivity index (χ4n) is 3.76. The van der Waals surface area contributed by atoms with Crippen molar-refractivity contribution in [1.29, 1.82) is 0 Å². The number of hydrogen-bond acceptors (Lipinski definition) is 3. The van der Waals surface area contributed by atoms with E-state index in [9.17, 15) is 18.0 Å². The molecular formula is C21H22F3N5O. The minimum Gasteiger partial charge on any atom is -0.354 e. The number of aromatic nitrogens is 3. The van der Waals surface area contributed by atoms with Crippen LogP contribution in [0, 0.1) is 6.92 Å². The number of piperazine rings is 1. The molecule has 1 aromatic carbocycles. The summed E-state index contributed by atoms with van der Waals surface area (Å²) in [7, 11) is 0. The molecule has 1 saturated heterocycles. The number of H-pyrrole nitrogens is 1. The fraction of sp³-hybridized carbons (Fsp3) is 0.333. The van der Waals surface area contributed by atoms with Crippen LogP contribution < -0.4 is 4.90 Å². The summed E-state index contributed by atoms with van der Waals surface area (Å²) in [6, 6.07) is 11.1. The summed E-state index contributed by atoms with van der Waals surface area (Å²) >= 11 is 0. The summed E-state index contributed by atoms with van der Waals surface area (Å²) in [5.74, 6) is 1.47. The van der Waals surface area contributed by atoms with Crippen LogP contribution in [0.3, 0.4) is 0 Å². The van der Waals surface area contributed by atoms with Gasteiger partial charge in [-0.25, -0.2) is 0 Å². The topological polar surface area (TPSA) is 57.2 Å². The second kappa shape index (κ2) is 7.89. The van der Waals surface area contributed by atoms with Crippen molar-refractivity contribution in [3.05, 3.63) is 65.5 Å². The molecule has 4 rings (SSSR count). The van der Waals surface area contributed by atoms with E-state index in [2.05, 4.69) is 15.1 Å². The summed E-state index contributed by atoms with van der Waals surface area (Å²) in [5.41, 5.74) is 0.225. The predicted octanol–water partition coefficient (Wildman–Crippen LogP) is 3.42. The number of aromatic amines is 1. The van der Waals surface area contributed by atoms with Gasteiger partial charge in [0.1, 0.15) is 5.82 Å². The molecule has 1 aliphatic heterocycles. The molecule has 0 atom stereocenters. The summed E-state index contributed by atoms with van der Waals surface area (Å²) in [5, 5.41) is 7.21. The molecule has 1 aliphatic rings. The van der Waals surface area contributed by atoms with Crippen LogP contribution in [-0.2, 0) is 17.4 Å². The van der Waals surface area contributed by atoms with Gasteiger partial charge >= 0.3 is 6.18 Å². The molecule has 0 spiro atoms. The predicted molar refractivity (Wildman–Crippen MR) is 107 cm³/mol. The molecule has 30 heavy (non-hydrogen) atoms. The zero-order chi connectivity index (χ0) is 21.3. The lowest BCUT2D eigenvalue weighted by Gasteiger charge is -2.36. The highest BCUT2D eigenvalue weighted by atomic mass is 19.4. The van der Waals surface area contributed by atoms with Gasteiger partial charge in [0.15, 0.2) is 5.82 Å². The Kier molecular flexibility index (Phi) is 5.27. The number of halogens is 3. The summed E-state index contributed by atoms with van der Waals surface area (Å²) in [6.07, 6.45) is -2.79. The van der Waals surface area contributed by atoms with Crippen LogP contribution in [0.1, 0.15) is 16.8 Å². The van der Waals surface area contributed by atoms with Gasteiger partial charge in [-0.1, -0.05) is 18.2 Å². The second-order valence-electron chi connectivity index (χ2n) is 7.35. The van der Waals surface area contributed by atoms with Crippen molar-refractivity contribution >= 4 is 11.7 Å². The Morgan fingerprint density at radius 1 is 1.10 bits per heavy atom. The van der Waals surface area contributed by atoms with Gasteiger partial charge in [-0.05, 0) is 30.7 Å². The Morgan fingerprint density at radius 2 is 1.83 bits per heavy atom. The maximum Gasteiger partial charge on any atom is 0.416 e. The molecule has 0 bridgehead atoms. The van der Waals surface area contributed by atoms with E-state index in [1.54, 1.807) is 4.90 Å². The number of carbonyl (C=O) groups is 1. The number of aryl methyl sites for hydroxylation is 1. The van der Waals surface area contributed by atoms with Crippen molar-refractivity contribution in [2.45, 2.75) is 19.5 Å². The van der Waals surface area contributed by atoms with Gasteiger partial charge < -0.3 is 9.80 Å². The van der Waals surface area contributed by atoms with Gasteiger partial charge in [0.2, 0.25) is 5.91 Å². The monoisotopic (exact) mass is 417 g/mol. The van der Waals surface area contributed by atoms with E-state index < -0.39 is 11.7 Å². The van der Waals surface area contributed by atoms with Gasteiger partial charge in [-0.15, -0.1) is 0 Å². The second-order valence-corrected chi connectivity index (χ2v) is 7.35. The lowest BCUT2D eigenvalue weighted by molar-refractivity contribution is -0.138. The zero-order valence-electron chi connectivity index (χ0n) is 16.5. The van der Waals surface area contributed by atoms with E-state index in [0.717, 1.165) is 23.4 Å². The van der Waals surface area contributed by atoms with Gasteiger partial charge in [-0.2, -0.15) is 18.3 Å². The molecule has 9 heteroatoms. The van der Waals surface area contributed by atoms with E-state index in [1.807, 2.05) is 35.9 Å². The number of carbonyl (C=O) groups excluding carboxylic acids is 1. The first-order valence-corrected chi connectivity index (χ1v) is 9.70. The molecule has 158 valence electrons. The van der Waals surface area contributed by atoms with Crippen molar-refractivity contribution < 1.29 is 18.0 Å². The largest absolute Gasteiger partial charge is 0.416 e. The number of benzene rings is 1. The molecule has 0 unspecified atom stereocenters. The van der Waals surface area contributed by atoms with E-state index >= 15 is 0 Å². The van der Waals surface area contributed by atoms with Gasteiger partial charge in [0.25, 0.3) is 0 Å². The van der Waals surface area contributed by atoms with Crippen LogP contribution in [0.15, 0.2) is 48.7 Å². The highest BCUT2D eigenvalue weighted by Gasteiger charge is 2.34. The van der Waals surface area contributed by atoms with E-state index in [1.165, 1.54) is 18.2 Å². The molecule has 2 aromatic heterocycles. The number of anilines is 1. The number of nitrogens with zero attached hydrogens (tertiary/aromatic N) is 4. The average Bonchev–Trinajstić information content (AvgIpc) is 3.36. The minimum absolute atomic E-state index is 0.0141. The van der Waals surface area contributed by atoms with Crippen LogP contribution >= 0.6 is 0 Å². The lowest BCUT2D eigenvalue weighted by Crippen LogP contribution is -2.49. The first kappa shape index (κ1) is 20.1. The quantitative estimate of drug-likeness (QED) is 0.708. The summed E-state index contributed by atoms with van der Waals surface area (Å²) < 4.78 is 41.5. The molecule has 0 radical (unpaired) electrons. The number of rotatable bonds is 4. The number of amides is 1. The molecule has 3 heterocycles. The summed E-state index contributed by atoms with van der Waals surface area (Å²) in [4.78, 5) is 16.4. The Morgan fingerprint density at radius 3 is 2.50 bits per heavy atom. The smallest absolute Gasteiger partial charge is 0.354 e. The molecule has 3 aromatic rings. The summed E-state index contributed by atoms with van der Waals surface area (Å²) in [6.45, 7) is 4.04. The molecule has 1 amide bonds. The Balaban J connectivity index is 1.41. The molecule has 1 fully saturated rings.